The Morgan fingerprint density at radius 1 is 1.67 bits per heavy atom. The molecule has 15 heavy (non-hydrogen) atoms. The SMILES string of the molecule is C#CCSc1nc(C(C)=O)ccc1C#N. The van der Waals surface area contributed by atoms with E-state index in [1.54, 1.807) is 12.1 Å². The molecule has 1 heterocycles. The molecule has 0 aromatic carbocycles. The summed E-state index contributed by atoms with van der Waals surface area (Å²) in [5, 5.41) is 9.32. The molecule has 1 rings (SSSR count). The first-order valence-corrected chi connectivity index (χ1v) is 5.16. The highest BCUT2D eigenvalue weighted by Crippen LogP contribution is 2.20. The molecule has 0 saturated carbocycles. The number of terminal acetylenes is 1. The predicted molar refractivity (Wildman–Crippen MR) is 58.5 cm³/mol. The van der Waals surface area contributed by atoms with Crippen LogP contribution >= 0.6 is 11.8 Å². The fourth-order valence-corrected chi connectivity index (χ4v) is 1.59. The summed E-state index contributed by atoms with van der Waals surface area (Å²) in [6, 6.07) is 5.14. The molecule has 1 aromatic heterocycles. The predicted octanol–water partition coefficient (Wildman–Crippen LogP) is 1.88. The van der Waals surface area contributed by atoms with Crippen molar-refractivity contribution in [3.05, 3.63) is 23.4 Å². The molecule has 4 heteroatoms. The van der Waals surface area contributed by atoms with E-state index in [1.807, 2.05) is 6.07 Å². The molecule has 0 amide bonds. The molecule has 0 aliphatic carbocycles. The van der Waals surface area contributed by atoms with Gasteiger partial charge in [-0.2, -0.15) is 5.26 Å². The second kappa shape index (κ2) is 5.19. The zero-order chi connectivity index (χ0) is 11.3. The Labute approximate surface area is 92.5 Å². The molecule has 0 spiro atoms. The molecular formula is C11H8N2OS. The molecule has 3 nitrogen and oxygen atoms in total. The molecule has 0 bridgehead atoms. The molecule has 0 unspecified atom stereocenters. The normalized spacial score (nSPS) is 9.00. The summed E-state index contributed by atoms with van der Waals surface area (Å²) >= 11 is 1.28. The minimum absolute atomic E-state index is 0.123. The summed E-state index contributed by atoms with van der Waals surface area (Å²) in [4.78, 5) is 15.2. The van der Waals surface area contributed by atoms with Crippen LogP contribution in [0.4, 0.5) is 0 Å². The lowest BCUT2D eigenvalue weighted by atomic mass is 10.2. The van der Waals surface area contributed by atoms with Gasteiger partial charge in [0.1, 0.15) is 16.8 Å². The van der Waals surface area contributed by atoms with Crippen LogP contribution in [0, 0.1) is 23.7 Å². The van der Waals surface area contributed by atoms with Gasteiger partial charge in [0.2, 0.25) is 0 Å². The van der Waals surface area contributed by atoms with Gasteiger partial charge in [0.15, 0.2) is 5.78 Å². The number of hydrogen-bond donors (Lipinski definition) is 0. The first kappa shape index (κ1) is 11.3. The first-order valence-electron chi connectivity index (χ1n) is 4.17. The average molecular weight is 216 g/mol. The number of nitrogens with zero attached hydrogens (tertiary/aromatic N) is 2. The molecule has 0 radical (unpaired) electrons. The highest BCUT2D eigenvalue weighted by molar-refractivity contribution is 7.99. The molecular weight excluding hydrogens is 208 g/mol. The van der Waals surface area contributed by atoms with Crippen molar-refractivity contribution in [3.63, 3.8) is 0 Å². The van der Waals surface area contributed by atoms with Gasteiger partial charge in [0.25, 0.3) is 0 Å². The van der Waals surface area contributed by atoms with Crippen molar-refractivity contribution in [1.82, 2.24) is 4.98 Å². The largest absolute Gasteiger partial charge is 0.293 e. The topological polar surface area (TPSA) is 53.8 Å². The third kappa shape index (κ3) is 2.83. The minimum atomic E-state index is -0.123. The lowest BCUT2D eigenvalue weighted by molar-refractivity contribution is 0.101. The Morgan fingerprint density at radius 2 is 2.40 bits per heavy atom. The summed E-state index contributed by atoms with van der Waals surface area (Å²) < 4.78 is 0. The van der Waals surface area contributed by atoms with Crippen LogP contribution in [0.25, 0.3) is 0 Å². The Hall–Kier alpha value is -1.78. The van der Waals surface area contributed by atoms with Crippen molar-refractivity contribution in [1.29, 1.82) is 5.26 Å². The van der Waals surface area contributed by atoms with Crippen LogP contribution in [-0.2, 0) is 0 Å². The Morgan fingerprint density at radius 3 is 2.93 bits per heavy atom. The van der Waals surface area contributed by atoms with E-state index in [0.29, 0.717) is 22.0 Å². The number of nitriles is 1. The molecule has 0 saturated heterocycles. The molecule has 1 aromatic rings. The smallest absolute Gasteiger partial charge is 0.178 e. The number of thioether (sulfide) groups is 1. The van der Waals surface area contributed by atoms with Gasteiger partial charge in [-0.05, 0) is 12.1 Å². The second-order valence-electron chi connectivity index (χ2n) is 2.71. The van der Waals surface area contributed by atoms with Crippen LogP contribution < -0.4 is 0 Å². The molecule has 0 fully saturated rings. The summed E-state index contributed by atoms with van der Waals surface area (Å²) in [6.45, 7) is 1.43. The van der Waals surface area contributed by atoms with Gasteiger partial charge in [-0.3, -0.25) is 4.79 Å². The van der Waals surface area contributed by atoms with Crippen LogP contribution in [0.5, 0.6) is 0 Å². The molecule has 0 N–H and O–H groups in total. The van der Waals surface area contributed by atoms with Crippen LogP contribution in [-0.4, -0.2) is 16.5 Å². The number of Topliss-reactive ketones (excluding diaryl/α,β-unsaturated/α-hetero) is 1. The van der Waals surface area contributed by atoms with Crippen molar-refractivity contribution in [3.8, 4) is 18.4 Å². The maximum absolute atomic E-state index is 11.1. The quantitative estimate of drug-likeness (QED) is 0.440. The van der Waals surface area contributed by atoms with Gasteiger partial charge in [-0.1, -0.05) is 17.7 Å². The van der Waals surface area contributed by atoms with E-state index in [9.17, 15) is 4.79 Å². The Bertz CT molecular complexity index is 468. The Balaban J connectivity index is 3.10. The third-order valence-electron chi connectivity index (χ3n) is 1.63. The summed E-state index contributed by atoms with van der Waals surface area (Å²) in [7, 11) is 0. The molecule has 0 aliphatic heterocycles. The highest BCUT2D eigenvalue weighted by atomic mass is 32.2. The zero-order valence-corrected chi connectivity index (χ0v) is 8.97. The van der Waals surface area contributed by atoms with Crippen LogP contribution in [0.1, 0.15) is 23.0 Å². The number of hydrogen-bond acceptors (Lipinski definition) is 4. The van der Waals surface area contributed by atoms with E-state index in [2.05, 4.69) is 10.9 Å². The van der Waals surface area contributed by atoms with Crippen LogP contribution in [0.15, 0.2) is 17.2 Å². The van der Waals surface area contributed by atoms with Gasteiger partial charge in [-0.15, -0.1) is 6.42 Å². The maximum atomic E-state index is 11.1. The van der Waals surface area contributed by atoms with E-state index < -0.39 is 0 Å². The number of aromatic nitrogens is 1. The van der Waals surface area contributed by atoms with Gasteiger partial charge in [-0.25, -0.2) is 4.98 Å². The number of carbonyl (C=O) groups excluding carboxylic acids is 1. The van der Waals surface area contributed by atoms with Crippen LogP contribution in [0.2, 0.25) is 0 Å². The van der Waals surface area contributed by atoms with E-state index in [4.69, 9.17) is 11.7 Å². The lowest BCUT2D eigenvalue weighted by Crippen LogP contribution is -1.99. The molecule has 0 atom stereocenters. The molecule has 74 valence electrons. The van der Waals surface area contributed by atoms with Crippen molar-refractivity contribution in [2.45, 2.75) is 11.9 Å². The van der Waals surface area contributed by atoms with Crippen molar-refractivity contribution >= 4 is 17.5 Å². The zero-order valence-electron chi connectivity index (χ0n) is 8.15. The fourth-order valence-electron chi connectivity index (χ4n) is 0.942. The third-order valence-corrected chi connectivity index (χ3v) is 2.53. The average Bonchev–Trinajstić information content (AvgIpc) is 2.25. The van der Waals surface area contributed by atoms with Gasteiger partial charge < -0.3 is 0 Å². The summed E-state index contributed by atoms with van der Waals surface area (Å²) in [5.41, 5.74) is 0.800. The van der Waals surface area contributed by atoms with Crippen LogP contribution in [0.3, 0.4) is 0 Å². The van der Waals surface area contributed by atoms with Gasteiger partial charge in [0.05, 0.1) is 11.3 Å². The molecule has 0 aliphatic rings. The van der Waals surface area contributed by atoms with Crippen molar-refractivity contribution < 1.29 is 4.79 Å². The van der Waals surface area contributed by atoms with Crippen molar-refractivity contribution in [2.75, 3.05) is 5.75 Å². The standard InChI is InChI=1S/C11H8N2OS/c1-3-6-15-11-9(7-12)4-5-10(13-11)8(2)14/h1,4-5H,6H2,2H3. The minimum Gasteiger partial charge on any atom is -0.293 e. The maximum Gasteiger partial charge on any atom is 0.178 e. The van der Waals surface area contributed by atoms with Gasteiger partial charge >= 0.3 is 0 Å². The van der Waals surface area contributed by atoms with Crippen molar-refractivity contribution in [2.24, 2.45) is 0 Å². The van der Waals surface area contributed by atoms with E-state index in [1.165, 1.54) is 18.7 Å². The number of carbonyl (C=O) groups is 1. The van der Waals surface area contributed by atoms with E-state index in [0.717, 1.165) is 0 Å². The number of rotatable bonds is 3. The second-order valence-corrected chi connectivity index (χ2v) is 3.67. The van der Waals surface area contributed by atoms with Gasteiger partial charge in [0, 0.05) is 6.92 Å². The summed E-state index contributed by atoms with van der Waals surface area (Å²) in [6.07, 6.45) is 5.12. The fraction of sp³-hybridized carbons (Fsp3) is 0.182. The number of pyridine rings is 1. The first-order chi connectivity index (χ1) is 7.19. The number of ketones is 1. The van der Waals surface area contributed by atoms with E-state index >= 15 is 0 Å². The monoisotopic (exact) mass is 216 g/mol. The lowest BCUT2D eigenvalue weighted by Gasteiger charge is -2.01. The summed E-state index contributed by atoms with van der Waals surface area (Å²) in [5.74, 6) is 2.76. The highest BCUT2D eigenvalue weighted by Gasteiger charge is 2.08. The Kier molecular flexibility index (Phi) is 3.91. The van der Waals surface area contributed by atoms with E-state index in [-0.39, 0.29) is 5.78 Å².